The summed E-state index contributed by atoms with van der Waals surface area (Å²) in [6.45, 7) is 2.65. The third-order valence-electron chi connectivity index (χ3n) is 4.83. The van der Waals surface area contributed by atoms with E-state index in [4.69, 9.17) is 0 Å². The summed E-state index contributed by atoms with van der Waals surface area (Å²) >= 11 is 0. The van der Waals surface area contributed by atoms with Crippen LogP contribution >= 0.6 is 0 Å². The van der Waals surface area contributed by atoms with Crippen LogP contribution < -0.4 is 5.32 Å². The zero-order valence-electron chi connectivity index (χ0n) is 16.2. The number of alkyl halides is 6. The molecule has 1 aromatic carbocycles. The smallest absolute Gasteiger partial charge is 0.392 e. The molecular formula is C19H20F6N4O. The van der Waals surface area contributed by atoms with Crippen LogP contribution in [0.4, 0.5) is 32.2 Å². The van der Waals surface area contributed by atoms with Gasteiger partial charge >= 0.3 is 12.4 Å². The molecule has 0 unspecified atom stereocenters. The van der Waals surface area contributed by atoms with Crippen LogP contribution in [0.15, 0.2) is 18.2 Å². The van der Waals surface area contributed by atoms with E-state index in [1.807, 2.05) is 11.9 Å². The van der Waals surface area contributed by atoms with Crippen LogP contribution in [0.1, 0.15) is 29.2 Å². The monoisotopic (exact) mass is 434 g/mol. The van der Waals surface area contributed by atoms with Gasteiger partial charge in [0, 0.05) is 30.8 Å². The van der Waals surface area contributed by atoms with E-state index in [1.165, 1.54) is 0 Å². The van der Waals surface area contributed by atoms with Gasteiger partial charge in [0.2, 0.25) is 0 Å². The van der Waals surface area contributed by atoms with Crippen LogP contribution in [0.2, 0.25) is 0 Å². The number of likely N-dealkylation sites (N-methyl/N-ethyl adjacent to an activating group) is 1. The van der Waals surface area contributed by atoms with Gasteiger partial charge in [-0.15, -0.1) is 10.2 Å². The Labute approximate surface area is 168 Å². The molecule has 2 heterocycles. The zero-order valence-corrected chi connectivity index (χ0v) is 16.2. The number of benzene rings is 1. The Morgan fingerprint density at radius 2 is 1.80 bits per heavy atom. The number of aliphatic hydroxyl groups excluding tert-OH is 1. The van der Waals surface area contributed by atoms with E-state index < -0.39 is 35.1 Å². The molecule has 0 saturated heterocycles. The van der Waals surface area contributed by atoms with Crippen molar-refractivity contribution in [2.75, 3.05) is 25.5 Å². The second kappa shape index (κ2) is 8.03. The van der Waals surface area contributed by atoms with Gasteiger partial charge in [0.15, 0.2) is 5.82 Å². The Kier molecular flexibility index (Phi) is 5.96. The van der Waals surface area contributed by atoms with E-state index in [9.17, 15) is 31.4 Å². The molecule has 0 amide bonds. The van der Waals surface area contributed by atoms with Gasteiger partial charge in [0.1, 0.15) is 0 Å². The molecule has 1 aromatic heterocycles. The Morgan fingerprint density at radius 3 is 2.40 bits per heavy atom. The number of aromatic nitrogens is 2. The van der Waals surface area contributed by atoms with Crippen molar-refractivity contribution in [3.63, 3.8) is 0 Å². The minimum absolute atomic E-state index is 0.0817. The van der Waals surface area contributed by atoms with Crippen molar-refractivity contribution in [2.24, 2.45) is 0 Å². The molecule has 0 aliphatic carbocycles. The maximum atomic E-state index is 13.6. The Morgan fingerprint density at radius 1 is 1.10 bits per heavy atom. The van der Waals surface area contributed by atoms with Crippen LogP contribution in [0.25, 0.3) is 11.3 Å². The average molecular weight is 434 g/mol. The summed E-state index contributed by atoms with van der Waals surface area (Å²) in [5.74, 6) is 0.335. The number of nitrogens with one attached hydrogen (secondary N) is 1. The molecule has 3 rings (SSSR count). The second-order valence-corrected chi connectivity index (χ2v) is 7.33. The average Bonchev–Trinajstić information content (AvgIpc) is 2.64. The third kappa shape index (κ3) is 4.67. The molecule has 164 valence electrons. The highest BCUT2D eigenvalue weighted by atomic mass is 19.4. The summed E-state index contributed by atoms with van der Waals surface area (Å²) < 4.78 is 79.8. The molecule has 2 N–H and O–H groups in total. The number of hydrogen-bond donors (Lipinski definition) is 2. The lowest BCUT2D eigenvalue weighted by Crippen LogP contribution is -2.29. The van der Waals surface area contributed by atoms with Crippen molar-refractivity contribution in [1.29, 1.82) is 0 Å². The first-order valence-corrected chi connectivity index (χ1v) is 9.15. The summed E-state index contributed by atoms with van der Waals surface area (Å²) in [7, 11) is 1.83. The number of halogens is 6. The first kappa shape index (κ1) is 22.3. The standard InChI is InChI=1S/C19H20F6N4O/c1-10(30)8-26-17-14-9-29(2)6-5-12(14)16(27-28-17)13-4-3-11(18(20,21)22)7-15(13)19(23,24)25/h3-4,7,10,30H,5-6,8-9H2,1-2H3,(H,26,28)/t10-/m1/s1. The molecular weight excluding hydrogens is 414 g/mol. The van der Waals surface area contributed by atoms with E-state index in [0.29, 0.717) is 42.5 Å². The molecule has 2 aromatic rings. The fourth-order valence-corrected chi connectivity index (χ4v) is 3.36. The lowest BCUT2D eigenvalue weighted by Gasteiger charge is -2.28. The van der Waals surface area contributed by atoms with Crippen molar-refractivity contribution in [3.05, 3.63) is 40.5 Å². The number of rotatable bonds is 4. The fourth-order valence-electron chi connectivity index (χ4n) is 3.36. The van der Waals surface area contributed by atoms with Gasteiger partial charge in [-0.25, -0.2) is 0 Å². The molecule has 0 fully saturated rings. The number of hydrogen-bond acceptors (Lipinski definition) is 5. The van der Waals surface area contributed by atoms with Crippen LogP contribution in [0.3, 0.4) is 0 Å². The van der Waals surface area contributed by atoms with Crippen molar-refractivity contribution < 1.29 is 31.4 Å². The van der Waals surface area contributed by atoms with Crippen molar-refractivity contribution in [2.45, 2.75) is 38.3 Å². The van der Waals surface area contributed by atoms with Crippen molar-refractivity contribution in [3.8, 4) is 11.3 Å². The van der Waals surface area contributed by atoms with E-state index in [2.05, 4.69) is 15.5 Å². The number of nitrogens with zero attached hydrogens (tertiary/aromatic N) is 3. The van der Waals surface area contributed by atoms with Crippen LogP contribution in [0, 0.1) is 0 Å². The van der Waals surface area contributed by atoms with E-state index in [1.54, 1.807) is 6.92 Å². The molecule has 0 spiro atoms. The van der Waals surface area contributed by atoms with Crippen molar-refractivity contribution >= 4 is 5.82 Å². The van der Waals surface area contributed by atoms with E-state index >= 15 is 0 Å². The highest BCUT2D eigenvalue weighted by Gasteiger charge is 2.39. The molecule has 30 heavy (non-hydrogen) atoms. The lowest BCUT2D eigenvalue weighted by atomic mass is 9.92. The molecule has 0 bridgehead atoms. The van der Waals surface area contributed by atoms with Gasteiger partial charge in [-0.3, -0.25) is 0 Å². The quantitative estimate of drug-likeness (QED) is 0.714. The SMILES string of the molecule is C[C@@H](O)CNc1nnc(-c2ccc(C(F)(F)F)cc2C(F)(F)F)c2c1CN(C)CC2. The summed E-state index contributed by atoms with van der Waals surface area (Å²) in [4.78, 5) is 1.94. The second-order valence-electron chi connectivity index (χ2n) is 7.33. The summed E-state index contributed by atoms with van der Waals surface area (Å²) in [5, 5.41) is 20.3. The maximum Gasteiger partial charge on any atom is 0.417 e. The predicted molar refractivity (Wildman–Crippen MR) is 97.7 cm³/mol. The Bertz CT molecular complexity index is 926. The topological polar surface area (TPSA) is 61.3 Å². The van der Waals surface area contributed by atoms with Crippen LogP contribution in [0.5, 0.6) is 0 Å². The van der Waals surface area contributed by atoms with E-state index in [0.717, 1.165) is 6.07 Å². The van der Waals surface area contributed by atoms with Gasteiger partial charge in [0.05, 0.1) is 22.9 Å². The van der Waals surface area contributed by atoms with Gasteiger partial charge < -0.3 is 15.3 Å². The van der Waals surface area contributed by atoms with Crippen LogP contribution in [-0.2, 0) is 25.3 Å². The Hall–Kier alpha value is -2.40. The normalized spacial score (nSPS) is 16.3. The minimum atomic E-state index is -5.00. The van der Waals surface area contributed by atoms with E-state index in [-0.39, 0.29) is 18.3 Å². The molecule has 0 saturated carbocycles. The highest BCUT2D eigenvalue weighted by molar-refractivity contribution is 5.71. The van der Waals surface area contributed by atoms with Gasteiger partial charge in [0.25, 0.3) is 0 Å². The molecule has 1 aliphatic heterocycles. The third-order valence-corrected chi connectivity index (χ3v) is 4.83. The number of aliphatic hydroxyl groups is 1. The highest BCUT2D eigenvalue weighted by Crippen LogP contribution is 2.42. The summed E-state index contributed by atoms with van der Waals surface area (Å²) in [6, 6.07) is 1.53. The molecule has 5 nitrogen and oxygen atoms in total. The number of anilines is 1. The summed E-state index contributed by atoms with van der Waals surface area (Å²) in [6.07, 6.45) is -10.2. The molecule has 1 atom stereocenters. The fraction of sp³-hybridized carbons (Fsp3) is 0.474. The summed E-state index contributed by atoms with van der Waals surface area (Å²) in [5.41, 5.74) is -2.19. The largest absolute Gasteiger partial charge is 0.417 e. The Balaban J connectivity index is 2.17. The first-order valence-electron chi connectivity index (χ1n) is 9.15. The lowest BCUT2D eigenvalue weighted by molar-refractivity contribution is -0.142. The predicted octanol–water partition coefficient (Wildman–Crippen LogP) is 3.96. The number of fused-ring (bicyclic) bond motifs is 1. The molecule has 0 radical (unpaired) electrons. The van der Waals surface area contributed by atoms with Crippen LogP contribution in [-0.4, -0.2) is 46.4 Å². The maximum absolute atomic E-state index is 13.6. The molecule has 11 heteroatoms. The first-order chi connectivity index (χ1) is 13.9. The van der Waals surface area contributed by atoms with Gasteiger partial charge in [-0.2, -0.15) is 26.3 Å². The van der Waals surface area contributed by atoms with Gasteiger partial charge in [-0.05, 0) is 38.1 Å². The molecule has 1 aliphatic rings. The minimum Gasteiger partial charge on any atom is -0.392 e. The zero-order chi connectivity index (χ0) is 22.3. The van der Waals surface area contributed by atoms with Crippen molar-refractivity contribution in [1.82, 2.24) is 15.1 Å². The van der Waals surface area contributed by atoms with Gasteiger partial charge in [-0.1, -0.05) is 6.07 Å².